The Labute approximate surface area is 174 Å². The zero-order valence-corrected chi connectivity index (χ0v) is 18.2. The molecule has 0 radical (unpaired) electrons. The summed E-state index contributed by atoms with van der Waals surface area (Å²) in [7, 11) is 1.58. The van der Waals surface area contributed by atoms with Gasteiger partial charge in [0.15, 0.2) is 11.2 Å². The van der Waals surface area contributed by atoms with Crippen molar-refractivity contribution in [2.75, 3.05) is 18.0 Å². The highest BCUT2D eigenvalue weighted by atomic mass is 16.6. The number of fused-ring (bicyclic) bond motifs is 1. The fourth-order valence-corrected chi connectivity index (χ4v) is 3.60. The molecule has 1 atom stereocenters. The number of aryl methyl sites for hydroxylation is 1. The topological polar surface area (TPSA) is 114 Å². The second kappa shape index (κ2) is 8.37. The SMILES string of the molecule is CC=CCn1c(N2CCC[C@H](NC(=O)OC(C)(C)C)C2)nc2c1c(=O)[nH]c(=O)n2C. The number of imidazole rings is 1. The summed E-state index contributed by atoms with van der Waals surface area (Å²) in [6.45, 7) is 9.09. The molecule has 3 heterocycles. The zero-order chi connectivity index (χ0) is 22.1. The van der Waals surface area contributed by atoms with E-state index in [1.54, 1.807) is 7.05 Å². The second-order valence-corrected chi connectivity index (χ2v) is 8.51. The number of alkyl carbamates (subject to hydrolysis) is 1. The van der Waals surface area contributed by atoms with Gasteiger partial charge >= 0.3 is 11.8 Å². The first-order valence-corrected chi connectivity index (χ1v) is 10.2. The van der Waals surface area contributed by atoms with E-state index in [0.717, 1.165) is 19.4 Å². The van der Waals surface area contributed by atoms with E-state index < -0.39 is 22.9 Å². The monoisotopic (exact) mass is 418 g/mol. The molecule has 1 amide bonds. The number of H-pyrrole nitrogens is 1. The Hall–Kier alpha value is -3.04. The number of ether oxygens (including phenoxy) is 1. The normalized spacial score (nSPS) is 17.6. The standard InChI is InChI=1S/C20H30N6O4/c1-6-7-11-26-14-15(24(5)18(28)23-16(14)27)22-17(26)25-10-8-9-13(12-25)21-19(29)30-20(2,3)4/h6-7,13H,8-12H2,1-5H3,(H,21,29)(H,23,27,28)/t13-/m0/s1. The van der Waals surface area contributed by atoms with Gasteiger partial charge in [-0.15, -0.1) is 0 Å². The molecule has 3 rings (SSSR count). The Morgan fingerprint density at radius 1 is 1.37 bits per heavy atom. The number of carbonyl (C=O) groups is 1. The number of hydrogen-bond donors (Lipinski definition) is 2. The van der Waals surface area contributed by atoms with Crippen LogP contribution in [-0.2, 0) is 18.3 Å². The number of piperidine rings is 1. The number of nitrogens with zero attached hydrogens (tertiary/aromatic N) is 4. The number of aromatic nitrogens is 4. The molecule has 0 unspecified atom stereocenters. The van der Waals surface area contributed by atoms with Crippen molar-refractivity contribution < 1.29 is 9.53 Å². The van der Waals surface area contributed by atoms with Crippen molar-refractivity contribution in [3.63, 3.8) is 0 Å². The van der Waals surface area contributed by atoms with Crippen LogP contribution in [0.25, 0.3) is 11.2 Å². The number of hydrogen-bond acceptors (Lipinski definition) is 6. The Bertz CT molecular complexity index is 1070. The van der Waals surface area contributed by atoms with E-state index in [2.05, 4.69) is 15.3 Å². The molecule has 1 fully saturated rings. The van der Waals surface area contributed by atoms with Gasteiger partial charge in [-0.1, -0.05) is 12.2 Å². The third kappa shape index (κ3) is 4.58. The minimum atomic E-state index is -0.565. The van der Waals surface area contributed by atoms with Gasteiger partial charge in [0.1, 0.15) is 5.60 Å². The number of nitrogens with one attached hydrogen (secondary N) is 2. The van der Waals surface area contributed by atoms with Crippen molar-refractivity contribution in [1.29, 1.82) is 0 Å². The van der Waals surface area contributed by atoms with Crippen LogP contribution in [0.2, 0.25) is 0 Å². The smallest absolute Gasteiger partial charge is 0.407 e. The third-order valence-electron chi connectivity index (χ3n) is 4.94. The third-order valence-corrected chi connectivity index (χ3v) is 4.94. The van der Waals surface area contributed by atoms with E-state index in [0.29, 0.717) is 30.2 Å². The first kappa shape index (κ1) is 21.7. The van der Waals surface area contributed by atoms with Crippen molar-refractivity contribution in [2.45, 2.75) is 58.7 Å². The molecule has 164 valence electrons. The van der Waals surface area contributed by atoms with Crippen LogP contribution in [0.15, 0.2) is 21.7 Å². The minimum Gasteiger partial charge on any atom is -0.444 e. The largest absolute Gasteiger partial charge is 0.444 e. The van der Waals surface area contributed by atoms with Gasteiger partial charge in [-0.05, 0) is 40.5 Å². The molecule has 0 aromatic carbocycles. The van der Waals surface area contributed by atoms with E-state index in [1.807, 2.05) is 49.3 Å². The van der Waals surface area contributed by atoms with Crippen LogP contribution >= 0.6 is 0 Å². The number of allylic oxidation sites excluding steroid dienone is 2. The Morgan fingerprint density at radius 3 is 2.77 bits per heavy atom. The molecule has 2 aromatic rings. The van der Waals surface area contributed by atoms with Crippen molar-refractivity contribution >= 4 is 23.2 Å². The second-order valence-electron chi connectivity index (χ2n) is 8.51. The summed E-state index contributed by atoms with van der Waals surface area (Å²) in [6.07, 6.45) is 5.05. The van der Waals surface area contributed by atoms with Gasteiger partial charge in [-0.25, -0.2) is 9.59 Å². The number of rotatable bonds is 4. The predicted molar refractivity (Wildman–Crippen MR) is 115 cm³/mol. The van der Waals surface area contributed by atoms with Crippen LogP contribution < -0.4 is 21.5 Å². The highest BCUT2D eigenvalue weighted by Gasteiger charge is 2.28. The van der Waals surface area contributed by atoms with Gasteiger partial charge in [-0.3, -0.25) is 14.3 Å². The first-order valence-electron chi connectivity index (χ1n) is 10.2. The summed E-state index contributed by atoms with van der Waals surface area (Å²) < 4.78 is 8.52. The highest BCUT2D eigenvalue weighted by molar-refractivity contribution is 5.74. The van der Waals surface area contributed by atoms with E-state index >= 15 is 0 Å². The van der Waals surface area contributed by atoms with Gasteiger partial charge in [0.2, 0.25) is 5.95 Å². The predicted octanol–water partition coefficient (Wildman–Crippen LogP) is 1.49. The molecule has 0 spiro atoms. The molecule has 2 N–H and O–H groups in total. The lowest BCUT2D eigenvalue weighted by Gasteiger charge is -2.34. The summed E-state index contributed by atoms with van der Waals surface area (Å²) in [6, 6.07) is -0.106. The molecule has 1 aliphatic rings. The fourth-order valence-electron chi connectivity index (χ4n) is 3.60. The molecule has 1 aliphatic heterocycles. The lowest BCUT2D eigenvalue weighted by molar-refractivity contribution is 0.0500. The van der Waals surface area contributed by atoms with E-state index in [1.165, 1.54) is 4.57 Å². The van der Waals surface area contributed by atoms with Gasteiger partial charge < -0.3 is 19.5 Å². The van der Waals surface area contributed by atoms with Gasteiger partial charge in [0.05, 0.1) is 0 Å². The molecular weight excluding hydrogens is 388 g/mol. The zero-order valence-electron chi connectivity index (χ0n) is 18.2. The maximum absolute atomic E-state index is 12.5. The van der Waals surface area contributed by atoms with Crippen LogP contribution in [0.4, 0.5) is 10.7 Å². The molecule has 30 heavy (non-hydrogen) atoms. The molecule has 10 heteroatoms. The van der Waals surface area contributed by atoms with Crippen LogP contribution in [0, 0.1) is 0 Å². The molecule has 2 aromatic heterocycles. The number of amides is 1. The number of aromatic amines is 1. The Kier molecular flexibility index (Phi) is 6.04. The average molecular weight is 418 g/mol. The van der Waals surface area contributed by atoms with Gasteiger partial charge in [-0.2, -0.15) is 4.98 Å². The lowest BCUT2D eigenvalue weighted by atomic mass is 10.1. The maximum Gasteiger partial charge on any atom is 0.407 e. The summed E-state index contributed by atoms with van der Waals surface area (Å²) in [5.41, 5.74) is -0.836. The highest BCUT2D eigenvalue weighted by Crippen LogP contribution is 2.23. The number of carbonyl (C=O) groups excluding carboxylic acids is 1. The molecule has 1 saturated heterocycles. The van der Waals surface area contributed by atoms with E-state index in [-0.39, 0.29) is 6.04 Å². The summed E-state index contributed by atoms with van der Waals surface area (Å²) in [5, 5.41) is 2.93. The van der Waals surface area contributed by atoms with Crippen LogP contribution in [0.3, 0.4) is 0 Å². The van der Waals surface area contributed by atoms with Crippen LogP contribution in [0.5, 0.6) is 0 Å². The quantitative estimate of drug-likeness (QED) is 0.727. The van der Waals surface area contributed by atoms with Crippen molar-refractivity contribution in [1.82, 2.24) is 24.4 Å². The van der Waals surface area contributed by atoms with Gasteiger partial charge in [0.25, 0.3) is 5.56 Å². The summed E-state index contributed by atoms with van der Waals surface area (Å²) >= 11 is 0. The van der Waals surface area contributed by atoms with Crippen LogP contribution in [-0.4, -0.2) is 49.9 Å². The minimum absolute atomic E-state index is 0.106. The Morgan fingerprint density at radius 2 is 2.10 bits per heavy atom. The van der Waals surface area contributed by atoms with Crippen molar-refractivity contribution in [3.8, 4) is 0 Å². The average Bonchev–Trinajstić information content (AvgIpc) is 3.03. The molecule has 0 aliphatic carbocycles. The van der Waals surface area contributed by atoms with E-state index in [9.17, 15) is 14.4 Å². The first-order chi connectivity index (χ1) is 14.1. The lowest BCUT2D eigenvalue weighted by Crippen LogP contribution is -2.49. The maximum atomic E-state index is 12.5. The summed E-state index contributed by atoms with van der Waals surface area (Å²) in [4.78, 5) is 45.8. The van der Waals surface area contributed by atoms with Crippen LogP contribution in [0.1, 0.15) is 40.5 Å². The molecule has 0 bridgehead atoms. The molecular formula is C20H30N6O4. The Balaban J connectivity index is 1.94. The molecule has 0 saturated carbocycles. The van der Waals surface area contributed by atoms with Crippen molar-refractivity contribution in [2.24, 2.45) is 7.05 Å². The fraction of sp³-hybridized carbons (Fsp3) is 0.600. The van der Waals surface area contributed by atoms with E-state index in [4.69, 9.17) is 4.74 Å². The van der Waals surface area contributed by atoms with Crippen molar-refractivity contribution in [3.05, 3.63) is 33.0 Å². The molecule has 10 nitrogen and oxygen atoms in total. The number of anilines is 1. The van der Waals surface area contributed by atoms with Gasteiger partial charge in [0, 0.05) is 32.7 Å². The summed E-state index contributed by atoms with van der Waals surface area (Å²) in [5.74, 6) is 0.602.